The van der Waals surface area contributed by atoms with Gasteiger partial charge in [-0.2, -0.15) is 0 Å². The molecule has 7 heteroatoms. The van der Waals surface area contributed by atoms with E-state index < -0.39 is 21.8 Å². The van der Waals surface area contributed by atoms with E-state index in [1.807, 2.05) is 0 Å². The number of hydrogen-bond acceptors (Lipinski definition) is 3. The molecule has 0 aromatic heterocycles. The number of carboxylic acid groups (broad SMARTS) is 1. The second-order valence-electron chi connectivity index (χ2n) is 4.92. The highest BCUT2D eigenvalue weighted by Gasteiger charge is 2.21. The van der Waals surface area contributed by atoms with E-state index in [1.54, 1.807) is 6.92 Å². The average molecular weight is 303 g/mol. The molecule has 1 aromatic carbocycles. The van der Waals surface area contributed by atoms with Crippen molar-refractivity contribution in [1.82, 2.24) is 4.72 Å². The topological polar surface area (TPSA) is 83.5 Å². The summed E-state index contributed by atoms with van der Waals surface area (Å²) in [6.07, 6.45) is -0.121. The maximum Gasteiger partial charge on any atom is 0.303 e. The highest BCUT2D eigenvalue weighted by Crippen LogP contribution is 2.21. The first kappa shape index (κ1) is 16.6. The van der Waals surface area contributed by atoms with E-state index in [4.69, 9.17) is 5.11 Å². The van der Waals surface area contributed by atoms with Crippen LogP contribution in [0.1, 0.15) is 24.5 Å². The van der Waals surface area contributed by atoms with E-state index in [-0.39, 0.29) is 23.8 Å². The summed E-state index contributed by atoms with van der Waals surface area (Å²) in [5, 5.41) is 8.63. The molecule has 1 atom stereocenters. The molecule has 0 radical (unpaired) electrons. The molecule has 0 bridgehead atoms. The molecule has 0 saturated heterocycles. The Morgan fingerprint density at radius 2 is 1.85 bits per heavy atom. The molecule has 0 aliphatic heterocycles. The first-order valence-corrected chi connectivity index (χ1v) is 7.60. The van der Waals surface area contributed by atoms with Gasteiger partial charge >= 0.3 is 5.97 Å². The molecule has 20 heavy (non-hydrogen) atoms. The average Bonchev–Trinajstić information content (AvgIpc) is 2.23. The van der Waals surface area contributed by atoms with Crippen LogP contribution in [0.2, 0.25) is 0 Å². The fourth-order valence-corrected chi connectivity index (χ4v) is 3.63. The maximum atomic E-state index is 13.2. The molecule has 0 heterocycles. The zero-order valence-corrected chi connectivity index (χ0v) is 12.4. The molecule has 112 valence electrons. The number of hydrogen-bond donors (Lipinski definition) is 2. The van der Waals surface area contributed by atoms with Crippen LogP contribution in [0.4, 0.5) is 4.39 Å². The van der Waals surface area contributed by atoms with Crippen molar-refractivity contribution in [2.24, 2.45) is 5.92 Å². The predicted molar refractivity (Wildman–Crippen MR) is 72.5 cm³/mol. The lowest BCUT2D eigenvalue weighted by atomic mass is 10.1. The van der Waals surface area contributed by atoms with Gasteiger partial charge in [0.1, 0.15) is 5.82 Å². The normalized spacial score (nSPS) is 13.2. The van der Waals surface area contributed by atoms with Crippen molar-refractivity contribution in [3.8, 4) is 0 Å². The van der Waals surface area contributed by atoms with Gasteiger partial charge in [0.15, 0.2) is 0 Å². The quantitative estimate of drug-likeness (QED) is 0.840. The summed E-state index contributed by atoms with van der Waals surface area (Å²) in [5.74, 6) is -1.80. The molecule has 0 amide bonds. The highest BCUT2D eigenvalue weighted by atomic mass is 32.2. The van der Waals surface area contributed by atoms with E-state index in [9.17, 15) is 17.6 Å². The molecule has 0 fully saturated rings. The number of halogens is 1. The van der Waals surface area contributed by atoms with Gasteiger partial charge in [0.2, 0.25) is 10.0 Å². The molecule has 0 aliphatic rings. The van der Waals surface area contributed by atoms with Gasteiger partial charge < -0.3 is 5.11 Å². The third-order valence-corrected chi connectivity index (χ3v) is 4.57. The Kier molecular flexibility index (Phi) is 5.24. The van der Waals surface area contributed by atoms with E-state index in [0.717, 1.165) is 12.1 Å². The third kappa shape index (κ3) is 4.28. The highest BCUT2D eigenvalue weighted by molar-refractivity contribution is 7.89. The van der Waals surface area contributed by atoms with Gasteiger partial charge in [0.25, 0.3) is 0 Å². The number of benzene rings is 1. The van der Waals surface area contributed by atoms with Crippen LogP contribution >= 0.6 is 0 Å². The summed E-state index contributed by atoms with van der Waals surface area (Å²) in [4.78, 5) is 10.6. The molecular weight excluding hydrogens is 285 g/mol. The first-order chi connectivity index (χ1) is 9.13. The Bertz CT molecular complexity index is 590. The van der Waals surface area contributed by atoms with E-state index in [0.29, 0.717) is 11.1 Å². The van der Waals surface area contributed by atoms with Gasteiger partial charge in [-0.15, -0.1) is 0 Å². The van der Waals surface area contributed by atoms with Crippen molar-refractivity contribution < 1.29 is 22.7 Å². The summed E-state index contributed by atoms with van der Waals surface area (Å²) < 4.78 is 39.9. The Morgan fingerprint density at radius 1 is 1.35 bits per heavy atom. The maximum absolute atomic E-state index is 13.2. The minimum absolute atomic E-state index is 0.0187. The van der Waals surface area contributed by atoms with Gasteiger partial charge in [-0.05, 0) is 43.0 Å². The molecule has 0 saturated carbocycles. The van der Waals surface area contributed by atoms with Gasteiger partial charge in [0.05, 0.1) is 4.90 Å². The van der Waals surface area contributed by atoms with E-state index >= 15 is 0 Å². The summed E-state index contributed by atoms with van der Waals surface area (Å²) in [6.45, 7) is 4.70. The summed E-state index contributed by atoms with van der Waals surface area (Å²) in [6, 6.07) is 2.31. The fourth-order valence-electron chi connectivity index (χ4n) is 2.02. The van der Waals surface area contributed by atoms with Crippen LogP contribution in [0.25, 0.3) is 0 Å². The molecule has 1 aromatic rings. The standard InChI is InChI=1S/C13H18FNO4S/c1-8(4-12(16)17)7-15-20(18,19)13-9(2)5-11(14)6-10(13)3/h5-6,8,15H,4,7H2,1-3H3,(H,16,17). The van der Waals surface area contributed by atoms with Crippen molar-refractivity contribution >= 4 is 16.0 Å². The van der Waals surface area contributed by atoms with Crippen LogP contribution in [0.5, 0.6) is 0 Å². The smallest absolute Gasteiger partial charge is 0.303 e. The monoisotopic (exact) mass is 303 g/mol. The van der Waals surface area contributed by atoms with Crippen molar-refractivity contribution in [2.45, 2.75) is 32.1 Å². The summed E-state index contributed by atoms with van der Waals surface area (Å²) in [5.41, 5.74) is 0.641. The number of aryl methyl sites for hydroxylation is 2. The SMILES string of the molecule is Cc1cc(F)cc(C)c1S(=O)(=O)NCC(C)CC(=O)O. The molecule has 1 rings (SSSR count). The fraction of sp³-hybridized carbons (Fsp3) is 0.462. The number of sulfonamides is 1. The number of aliphatic carboxylic acids is 1. The van der Waals surface area contributed by atoms with Gasteiger partial charge in [0, 0.05) is 13.0 Å². The lowest BCUT2D eigenvalue weighted by Gasteiger charge is -2.14. The van der Waals surface area contributed by atoms with Crippen molar-refractivity contribution in [3.63, 3.8) is 0 Å². The molecule has 1 unspecified atom stereocenters. The largest absolute Gasteiger partial charge is 0.481 e. The van der Waals surface area contributed by atoms with E-state index in [2.05, 4.69) is 4.72 Å². The van der Waals surface area contributed by atoms with Gasteiger partial charge in [-0.3, -0.25) is 4.79 Å². The van der Waals surface area contributed by atoms with Crippen molar-refractivity contribution in [1.29, 1.82) is 0 Å². The third-order valence-electron chi connectivity index (χ3n) is 2.84. The Morgan fingerprint density at radius 3 is 2.30 bits per heavy atom. The zero-order chi connectivity index (χ0) is 15.5. The van der Waals surface area contributed by atoms with Crippen LogP contribution < -0.4 is 4.72 Å². The summed E-state index contributed by atoms with van der Waals surface area (Å²) in [7, 11) is -3.78. The minimum atomic E-state index is -3.78. The van der Waals surface area contributed by atoms with Crippen molar-refractivity contribution in [3.05, 3.63) is 29.1 Å². The molecule has 5 nitrogen and oxygen atoms in total. The number of nitrogens with one attached hydrogen (secondary N) is 1. The Labute approximate surface area is 117 Å². The first-order valence-electron chi connectivity index (χ1n) is 6.11. The van der Waals surface area contributed by atoms with Gasteiger partial charge in [-0.1, -0.05) is 6.92 Å². The number of carboxylic acids is 1. The molecule has 0 spiro atoms. The lowest BCUT2D eigenvalue weighted by molar-refractivity contribution is -0.137. The second-order valence-corrected chi connectivity index (χ2v) is 6.63. The molecule has 2 N–H and O–H groups in total. The van der Waals surface area contributed by atoms with Crippen LogP contribution in [0.15, 0.2) is 17.0 Å². The predicted octanol–water partition coefficient (Wildman–Crippen LogP) is 1.83. The van der Waals surface area contributed by atoms with Crippen LogP contribution in [-0.2, 0) is 14.8 Å². The zero-order valence-electron chi connectivity index (χ0n) is 11.6. The van der Waals surface area contributed by atoms with Gasteiger partial charge in [-0.25, -0.2) is 17.5 Å². The minimum Gasteiger partial charge on any atom is -0.481 e. The Hall–Kier alpha value is -1.47. The van der Waals surface area contributed by atoms with Crippen LogP contribution in [0, 0.1) is 25.6 Å². The number of rotatable bonds is 6. The lowest BCUT2D eigenvalue weighted by Crippen LogP contribution is -2.30. The van der Waals surface area contributed by atoms with Crippen LogP contribution in [-0.4, -0.2) is 26.0 Å². The van der Waals surface area contributed by atoms with Crippen molar-refractivity contribution in [2.75, 3.05) is 6.54 Å². The Balaban J connectivity index is 2.93. The second kappa shape index (κ2) is 6.32. The van der Waals surface area contributed by atoms with Crippen LogP contribution in [0.3, 0.4) is 0 Å². The summed E-state index contributed by atoms with van der Waals surface area (Å²) >= 11 is 0. The number of carbonyl (C=O) groups is 1. The molecular formula is C13H18FNO4S. The molecule has 0 aliphatic carbocycles. The van der Waals surface area contributed by atoms with E-state index in [1.165, 1.54) is 13.8 Å².